The van der Waals surface area contributed by atoms with Gasteiger partial charge in [0.05, 0.1) is 30.7 Å². The minimum absolute atomic E-state index is 0.133. The van der Waals surface area contributed by atoms with Crippen LogP contribution in [0.3, 0.4) is 0 Å². The minimum Gasteiger partial charge on any atom is -0.464 e. The lowest BCUT2D eigenvalue weighted by Gasteiger charge is -2.41. The molecule has 0 spiro atoms. The third-order valence-corrected chi connectivity index (χ3v) is 10.5. The van der Waals surface area contributed by atoms with Gasteiger partial charge in [-0.15, -0.1) is 0 Å². The number of carbonyl (C=O) groups excluding carboxylic acids is 1. The molecule has 0 aliphatic carbocycles. The summed E-state index contributed by atoms with van der Waals surface area (Å²) in [6.07, 6.45) is 33.3. The van der Waals surface area contributed by atoms with Gasteiger partial charge in [-0.3, -0.25) is 4.79 Å². The van der Waals surface area contributed by atoms with E-state index in [1.165, 1.54) is 128 Å². The van der Waals surface area contributed by atoms with Gasteiger partial charge >= 0.3 is 5.97 Å². The summed E-state index contributed by atoms with van der Waals surface area (Å²) in [5.41, 5.74) is -1.73. The SMILES string of the molecule is CCCCCCCCC(CCCCCCCC)C(CCCCCCCC)(CCCCCCCC)C(=O)OCC(CO)(CO)CO. The van der Waals surface area contributed by atoms with E-state index in [0.717, 1.165) is 51.4 Å². The van der Waals surface area contributed by atoms with Gasteiger partial charge in [0.2, 0.25) is 0 Å². The van der Waals surface area contributed by atoms with E-state index in [4.69, 9.17) is 4.74 Å². The standard InChI is InChI=1S/C40H80O5/c1-5-9-13-17-21-25-29-37(30-26-22-18-14-10-6-2)40(31-27-23-19-15-11-7-3,32-28-24-20-16-12-8-4)38(44)45-36-39(33-41,34-42)35-43/h37,41-43H,5-36H2,1-4H3. The fourth-order valence-electron chi connectivity index (χ4n) is 7.03. The highest BCUT2D eigenvalue weighted by molar-refractivity contribution is 5.77. The molecule has 3 N–H and O–H groups in total. The van der Waals surface area contributed by atoms with Gasteiger partial charge in [-0.25, -0.2) is 0 Å². The van der Waals surface area contributed by atoms with Crippen molar-refractivity contribution in [3.63, 3.8) is 0 Å². The number of ether oxygens (including phenoxy) is 1. The van der Waals surface area contributed by atoms with E-state index in [0.29, 0.717) is 5.92 Å². The van der Waals surface area contributed by atoms with Gasteiger partial charge in [0.15, 0.2) is 0 Å². The molecular weight excluding hydrogens is 560 g/mol. The first kappa shape index (κ1) is 44.4. The van der Waals surface area contributed by atoms with E-state index >= 15 is 0 Å². The number of unbranched alkanes of at least 4 members (excludes halogenated alkanes) is 20. The molecule has 45 heavy (non-hydrogen) atoms. The Bertz CT molecular complexity index is 592. The van der Waals surface area contributed by atoms with Crippen LogP contribution in [0.1, 0.15) is 207 Å². The zero-order valence-corrected chi connectivity index (χ0v) is 30.9. The van der Waals surface area contributed by atoms with E-state index in [1.807, 2.05) is 0 Å². The van der Waals surface area contributed by atoms with Crippen LogP contribution in [0.15, 0.2) is 0 Å². The highest BCUT2D eigenvalue weighted by atomic mass is 16.5. The fraction of sp³-hybridized carbons (Fsp3) is 0.975. The summed E-state index contributed by atoms with van der Waals surface area (Å²) in [7, 11) is 0. The summed E-state index contributed by atoms with van der Waals surface area (Å²) in [4.78, 5) is 14.5. The molecule has 270 valence electrons. The fourth-order valence-corrected chi connectivity index (χ4v) is 7.03. The summed E-state index contributed by atoms with van der Waals surface area (Å²) < 4.78 is 6.12. The molecule has 5 nitrogen and oxygen atoms in total. The number of aliphatic hydroxyl groups excluding tert-OH is 3. The van der Waals surface area contributed by atoms with Crippen LogP contribution < -0.4 is 0 Å². The molecule has 0 saturated carbocycles. The molecule has 0 bridgehead atoms. The van der Waals surface area contributed by atoms with Crippen molar-refractivity contribution in [1.82, 2.24) is 0 Å². The summed E-state index contributed by atoms with van der Waals surface area (Å²) in [6.45, 7) is 7.67. The quantitative estimate of drug-likeness (QED) is 0.0474. The van der Waals surface area contributed by atoms with Crippen LogP contribution in [0.5, 0.6) is 0 Å². The Morgan fingerprint density at radius 3 is 1.13 bits per heavy atom. The first-order valence-electron chi connectivity index (χ1n) is 20.0. The van der Waals surface area contributed by atoms with Crippen LogP contribution in [-0.2, 0) is 9.53 Å². The maximum absolute atomic E-state index is 14.5. The highest BCUT2D eigenvalue weighted by Gasteiger charge is 2.46. The van der Waals surface area contributed by atoms with Crippen molar-refractivity contribution in [2.75, 3.05) is 26.4 Å². The largest absolute Gasteiger partial charge is 0.464 e. The Morgan fingerprint density at radius 1 is 0.489 bits per heavy atom. The van der Waals surface area contributed by atoms with Gasteiger partial charge in [0.25, 0.3) is 0 Å². The van der Waals surface area contributed by atoms with Gasteiger partial charge in [-0.05, 0) is 31.6 Å². The normalized spacial score (nSPS) is 12.4. The number of carbonyl (C=O) groups is 1. The van der Waals surface area contributed by atoms with E-state index < -0.39 is 30.7 Å². The molecule has 0 rings (SSSR count). The molecule has 0 unspecified atom stereocenters. The average molecular weight is 641 g/mol. The Kier molecular flexibility index (Phi) is 30.2. The first-order chi connectivity index (χ1) is 22.0. The number of aliphatic hydroxyl groups is 3. The van der Waals surface area contributed by atoms with Crippen molar-refractivity contribution >= 4 is 5.97 Å². The summed E-state index contributed by atoms with van der Waals surface area (Å²) in [6, 6.07) is 0. The Morgan fingerprint density at radius 2 is 0.800 bits per heavy atom. The van der Waals surface area contributed by atoms with Gasteiger partial charge in [-0.2, -0.15) is 0 Å². The molecule has 0 amide bonds. The molecule has 0 fully saturated rings. The Balaban J connectivity index is 6.18. The van der Waals surface area contributed by atoms with Crippen LogP contribution in [0.25, 0.3) is 0 Å². The van der Waals surface area contributed by atoms with Crippen molar-refractivity contribution in [2.45, 2.75) is 207 Å². The Labute approximate surface area is 281 Å². The summed E-state index contributed by atoms with van der Waals surface area (Å²) >= 11 is 0. The van der Waals surface area contributed by atoms with Crippen molar-refractivity contribution in [2.24, 2.45) is 16.7 Å². The van der Waals surface area contributed by atoms with Crippen molar-refractivity contribution in [3.8, 4) is 0 Å². The minimum atomic E-state index is -1.20. The van der Waals surface area contributed by atoms with Crippen LogP contribution in [-0.4, -0.2) is 47.7 Å². The van der Waals surface area contributed by atoms with Gasteiger partial charge in [0, 0.05) is 0 Å². The summed E-state index contributed by atoms with van der Waals surface area (Å²) in [5, 5.41) is 30.0. The molecular formula is C40H80O5. The maximum atomic E-state index is 14.5. The lowest BCUT2D eigenvalue weighted by Crippen LogP contribution is -2.45. The molecule has 0 heterocycles. The van der Waals surface area contributed by atoms with Gasteiger partial charge < -0.3 is 20.1 Å². The lowest BCUT2D eigenvalue weighted by atomic mass is 9.65. The third-order valence-electron chi connectivity index (χ3n) is 10.5. The van der Waals surface area contributed by atoms with Crippen LogP contribution in [0, 0.1) is 16.7 Å². The predicted molar refractivity (Wildman–Crippen MR) is 193 cm³/mol. The van der Waals surface area contributed by atoms with Crippen molar-refractivity contribution in [3.05, 3.63) is 0 Å². The van der Waals surface area contributed by atoms with Gasteiger partial charge in [0.1, 0.15) is 6.61 Å². The van der Waals surface area contributed by atoms with E-state index in [1.54, 1.807) is 0 Å². The van der Waals surface area contributed by atoms with Gasteiger partial charge in [-0.1, -0.05) is 182 Å². The zero-order valence-electron chi connectivity index (χ0n) is 30.9. The number of rotatable bonds is 35. The maximum Gasteiger partial charge on any atom is 0.312 e. The first-order valence-corrected chi connectivity index (χ1v) is 20.0. The number of hydrogen-bond acceptors (Lipinski definition) is 5. The average Bonchev–Trinajstić information content (AvgIpc) is 3.06. The second-order valence-electron chi connectivity index (χ2n) is 14.6. The molecule has 0 aromatic carbocycles. The summed E-state index contributed by atoms with van der Waals surface area (Å²) in [5.74, 6) is 0.159. The molecule has 0 saturated heterocycles. The van der Waals surface area contributed by atoms with Crippen molar-refractivity contribution < 1.29 is 24.9 Å². The van der Waals surface area contributed by atoms with Crippen LogP contribution in [0.4, 0.5) is 0 Å². The lowest BCUT2D eigenvalue weighted by molar-refractivity contribution is -0.169. The number of hydrogen-bond donors (Lipinski definition) is 3. The van der Waals surface area contributed by atoms with Crippen molar-refractivity contribution in [1.29, 1.82) is 0 Å². The molecule has 5 heteroatoms. The monoisotopic (exact) mass is 641 g/mol. The molecule has 0 aliphatic rings. The highest BCUT2D eigenvalue weighted by Crippen LogP contribution is 2.46. The smallest absolute Gasteiger partial charge is 0.312 e. The predicted octanol–water partition coefficient (Wildman–Crippen LogP) is 11.1. The van der Waals surface area contributed by atoms with E-state index in [2.05, 4.69) is 27.7 Å². The second-order valence-corrected chi connectivity index (χ2v) is 14.6. The third kappa shape index (κ3) is 20.4. The van der Waals surface area contributed by atoms with E-state index in [-0.39, 0.29) is 12.6 Å². The number of esters is 1. The molecule has 0 aromatic rings. The molecule has 0 aliphatic heterocycles. The van der Waals surface area contributed by atoms with Crippen LogP contribution in [0.2, 0.25) is 0 Å². The van der Waals surface area contributed by atoms with E-state index in [9.17, 15) is 20.1 Å². The molecule has 0 aromatic heterocycles. The zero-order chi connectivity index (χ0) is 33.5. The Hall–Kier alpha value is -0.650. The topological polar surface area (TPSA) is 87.0 Å². The van der Waals surface area contributed by atoms with Crippen LogP contribution >= 0.6 is 0 Å². The second kappa shape index (κ2) is 30.7. The molecule has 0 atom stereocenters. The molecule has 0 radical (unpaired) electrons.